The third kappa shape index (κ3) is 6.56. The molecule has 172 valence electrons. The maximum absolute atomic E-state index is 14.9. The second-order valence-electron chi connectivity index (χ2n) is 9.42. The number of carbonyl (C=O) groups excluding carboxylic acids is 2. The maximum atomic E-state index is 14.9. The van der Waals surface area contributed by atoms with Gasteiger partial charge in [0.15, 0.2) is 0 Å². The molecular formula is C23H33FN2O5. The molecule has 31 heavy (non-hydrogen) atoms. The zero-order chi connectivity index (χ0) is 22.6. The highest BCUT2D eigenvalue weighted by molar-refractivity contribution is 5.77. The van der Waals surface area contributed by atoms with Crippen LogP contribution in [0.2, 0.25) is 0 Å². The third-order valence-electron chi connectivity index (χ3n) is 5.66. The summed E-state index contributed by atoms with van der Waals surface area (Å²) in [5, 5.41) is 9.28. The smallest absolute Gasteiger partial charge is 0.410 e. The second-order valence-corrected chi connectivity index (χ2v) is 9.42. The Balaban J connectivity index is 1.59. The number of hydrogen-bond acceptors (Lipinski definition) is 6. The van der Waals surface area contributed by atoms with E-state index in [4.69, 9.17) is 9.47 Å². The first-order chi connectivity index (χ1) is 14.6. The Morgan fingerprint density at radius 2 is 2.06 bits per heavy atom. The Bertz CT molecular complexity index is 795. The lowest BCUT2D eigenvalue weighted by Crippen LogP contribution is -2.47. The molecule has 3 rings (SSSR count). The van der Waals surface area contributed by atoms with Gasteiger partial charge in [-0.2, -0.15) is 0 Å². The third-order valence-corrected chi connectivity index (χ3v) is 5.66. The van der Waals surface area contributed by atoms with E-state index in [0.717, 1.165) is 19.3 Å². The van der Waals surface area contributed by atoms with Crippen LogP contribution in [-0.4, -0.2) is 66.6 Å². The van der Waals surface area contributed by atoms with Crippen molar-refractivity contribution in [1.29, 1.82) is 0 Å². The van der Waals surface area contributed by atoms with Crippen LogP contribution in [0.15, 0.2) is 18.2 Å². The van der Waals surface area contributed by atoms with Crippen molar-refractivity contribution in [1.82, 2.24) is 4.90 Å². The minimum Gasteiger partial charge on any atom is -0.457 e. The van der Waals surface area contributed by atoms with E-state index < -0.39 is 17.7 Å². The quantitative estimate of drug-likeness (QED) is 0.731. The minimum atomic E-state index is -0.595. The van der Waals surface area contributed by atoms with Crippen molar-refractivity contribution in [2.24, 2.45) is 5.92 Å². The van der Waals surface area contributed by atoms with Gasteiger partial charge < -0.3 is 24.4 Å². The van der Waals surface area contributed by atoms with Crippen molar-refractivity contribution in [2.75, 3.05) is 37.7 Å². The number of hydrogen-bond donors (Lipinski definition) is 1. The monoisotopic (exact) mass is 436 g/mol. The molecule has 7 nitrogen and oxygen atoms in total. The normalized spacial score (nSPS) is 22.7. The van der Waals surface area contributed by atoms with Gasteiger partial charge in [-0.3, -0.25) is 4.79 Å². The van der Waals surface area contributed by atoms with Crippen LogP contribution in [0.4, 0.5) is 14.9 Å². The number of halogens is 1. The van der Waals surface area contributed by atoms with E-state index >= 15 is 0 Å². The van der Waals surface area contributed by atoms with Crippen LogP contribution in [0, 0.1) is 11.7 Å². The van der Waals surface area contributed by atoms with Gasteiger partial charge in [0.2, 0.25) is 0 Å². The highest BCUT2D eigenvalue weighted by Crippen LogP contribution is 2.27. The first-order valence-corrected chi connectivity index (χ1v) is 11.0. The lowest BCUT2D eigenvalue weighted by Gasteiger charge is -2.32. The van der Waals surface area contributed by atoms with Crippen molar-refractivity contribution < 1.29 is 28.6 Å². The Morgan fingerprint density at radius 1 is 1.29 bits per heavy atom. The summed E-state index contributed by atoms with van der Waals surface area (Å²) >= 11 is 0. The van der Waals surface area contributed by atoms with Crippen molar-refractivity contribution in [2.45, 2.75) is 58.2 Å². The summed E-state index contributed by atoms with van der Waals surface area (Å²) in [4.78, 5) is 27.5. The molecule has 0 aliphatic carbocycles. The number of amides is 1. The van der Waals surface area contributed by atoms with Gasteiger partial charge >= 0.3 is 12.1 Å². The highest BCUT2D eigenvalue weighted by Gasteiger charge is 2.28. The molecule has 2 saturated heterocycles. The molecule has 1 aromatic rings. The van der Waals surface area contributed by atoms with Crippen molar-refractivity contribution >= 4 is 17.7 Å². The predicted molar refractivity (Wildman–Crippen MR) is 114 cm³/mol. The number of anilines is 1. The SMILES string of the molecule is CC(C)(C)OC(=O)N1CCCC(Cc2ccc(N3CC(=O)O[C@@H](CO)C3)cc2F)CC1. The lowest BCUT2D eigenvalue weighted by molar-refractivity contribution is -0.151. The van der Waals surface area contributed by atoms with Gasteiger partial charge in [-0.15, -0.1) is 0 Å². The summed E-state index contributed by atoms with van der Waals surface area (Å²) in [7, 11) is 0. The molecule has 2 aliphatic rings. The number of likely N-dealkylation sites (tertiary alicyclic amines) is 1. The maximum Gasteiger partial charge on any atom is 0.410 e. The van der Waals surface area contributed by atoms with Crippen molar-refractivity contribution in [3.63, 3.8) is 0 Å². The van der Waals surface area contributed by atoms with Crippen LogP contribution in [0.5, 0.6) is 0 Å². The Hall–Kier alpha value is -2.35. The molecular weight excluding hydrogens is 403 g/mol. The topological polar surface area (TPSA) is 79.3 Å². The number of morpholine rings is 1. The van der Waals surface area contributed by atoms with E-state index in [9.17, 15) is 19.1 Å². The number of ether oxygens (including phenoxy) is 2. The van der Waals surface area contributed by atoms with E-state index in [2.05, 4.69) is 0 Å². The molecule has 0 bridgehead atoms. The molecule has 2 heterocycles. The number of aliphatic hydroxyl groups excluding tert-OH is 1. The molecule has 0 aromatic heterocycles. The summed E-state index contributed by atoms with van der Waals surface area (Å²) < 4.78 is 25.4. The van der Waals surface area contributed by atoms with Crippen molar-refractivity contribution in [3.8, 4) is 0 Å². The van der Waals surface area contributed by atoms with Gasteiger partial charge in [0, 0.05) is 18.8 Å². The average molecular weight is 437 g/mol. The van der Waals surface area contributed by atoms with Crippen LogP contribution < -0.4 is 4.90 Å². The van der Waals surface area contributed by atoms with Gasteiger partial charge in [0.1, 0.15) is 24.1 Å². The van der Waals surface area contributed by atoms with Crippen LogP contribution >= 0.6 is 0 Å². The second kappa shape index (κ2) is 9.85. The van der Waals surface area contributed by atoms with E-state index in [0.29, 0.717) is 37.3 Å². The minimum absolute atomic E-state index is 0.0401. The molecule has 0 spiro atoms. The van der Waals surface area contributed by atoms with Crippen LogP contribution in [-0.2, 0) is 20.7 Å². The van der Waals surface area contributed by atoms with Gasteiger partial charge in [-0.1, -0.05) is 6.07 Å². The number of carbonyl (C=O) groups is 2. The fraction of sp³-hybridized carbons (Fsp3) is 0.652. The standard InChI is InChI=1S/C23H33FN2O5/c1-23(2,3)31-22(29)25-9-4-5-16(8-10-25)11-17-6-7-18(12-20(17)24)26-13-19(15-27)30-21(28)14-26/h6-7,12,16,19,27H,4-5,8-11,13-15H2,1-3H3/t16?,19-/m1/s1. The van der Waals surface area contributed by atoms with E-state index in [1.165, 1.54) is 6.07 Å². The molecule has 8 heteroatoms. The fourth-order valence-electron chi connectivity index (χ4n) is 4.11. The lowest BCUT2D eigenvalue weighted by atomic mass is 9.92. The van der Waals surface area contributed by atoms with Gasteiger partial charge in [0.05, 0.1) is 13.2 Å². The van der Waals surface area contributed by atoms with E-state index in [1.54, 1.807) is 15.9 Å². The largest absolute Gasteiger partial charge is 0.457 e. The number of aliphatic hydroxyl groups is 1. The fourth-order valence-corrected chi connectivity index (χ4v) is 4.11. The Labute approximate surface area is 183 Å². The average Bonchev–Trinajstić information content (AvgIpc) is 2.93. The summed E-state index contributed by atoms with van der Waals surface area (Å²) in [5.74, 6) is -0.440. The molecule has 2 aliphatic heterocycles. The van der Waals surface area contributed by atoms with Gasteiger partial charge in [0.25, 0.3) is 0 Å². The van der Waals surface area contributed by atoms with Crippen LogP contribution in [0.1, 0.15) is 45.6 Å². The molecule has 1 amide bonds. The van der Waals surface area contributed by atoms with Crippen LogP contribution in [0.3, 0.4) is 0 Å². The number of nitrogens with zero attached hydrogens (tertiary/aromatic N) is 2. The molecule has 1 aromatic carbocycles. The zero-order valence-corrected chi connectivity index (χ0v) is 18.6. The first-order valence-electron chi connectivity index (χ1n) is 11.0. The molecule has 1 unspecified atom stereocenters. The molecule has 1 N–H and O–H groups in total. The van der Waals surface area contributed by atoms with Crippen molar-refractivity contribution in [3.05, 3.63) is 29.6 Å². The molecule has 0 saturated carbocycles. The summed E-state index contributed by atoms with van der Waals surface area (Å²) in [5.41, 5.74) is 0.724. The number of esters is 1. The summed E-state index contributed by atoms with van der Waals surface area (Å²) in [6.07, 6.45) is 2.32. The van der Waals surface area contributed by atoms with E-state index in [-0.39, 0.29) is 31.0 Å². The number of rotatable bonds is 4. The summed E-state index contributed by atoms with van der Waals surface area (Å²) in [6.45, 7) is 6.95. The molecule has 2 fully saturated rings. The first kappa shape index (κ1) is 23.3. The van der Waals surface area contributed by atoms with Crippen LogP contribution in [0.25, 0.3) is 0 Å². The van der Waals surface area contributed by atoms with E-state index in [1.807, 2.05) is 26.8 Å². The predicted octanol–water partition coefficient (Wildman–Crippen LogP) is 3.13. The Kier molecular flexibility index (Phi) is 7.41. The summed E-state index contributed by atoms with van der Waals surface area (Å²) in [6, 6.07) is 5.04. The zero-order valence-electron chi connectivity index (χ0n) is 18.6. The van der Waals surface area contributed by atoms with Gasteiger partial charge in [-0.05, 0) is 70.1 Å². The molecule has 2 atom stereocenters. The number of cyclic esters (lactones) is 1. The highest BCUT2D eigenvalue weighted by atomic mass is 19.1. The Morgan fingerprint density at radius 3 is 2.74 bits per heavy atom. The van der Waals surface area contributed by atoms with Gasteiger partial charge in [-0.25, -0.2) is 9.18 Å². The number of benzene rings is 1. The molecule has 0 radical (unpaired) electrons.